The van der Waals surface area contributed by atoms with Crippen molar-refractivity contribution in [2.75, 3.05) is 19.8 Å². The Labute approximate surface area is 129 Å². The van der Waals surface area contributed by atoms with E-state index in [1.807, 2.05) is 12.1 Å². The minimum absolute atomic E-state index is 0.280. The molecule has 0 aromatic heterocycles. The molecule has 0 saturated carbocycles. The van der Waals surface area contributed by atoms with Gasteiger partial charge in [0.15, 0.2) is 0 Å². The summed E-state index contributed by atoms with van der Waals surface area (Å²) in [5.41, 5.74) is 1.24. The van der Waals surface area contributed by atoms with Crippen LogP contribution in [0.1, 0.15) is 44.2 Å². The highest BCUT2D eigenvalue weighted by Crippen LogP contribution is 2.34. The van der Waals surface area contributed by atoms with E-state index in [9.17, 15) is 0 Å². The van der Waals surface area contributed by atoms with Gasteiger partial charge in [0.1, 0.15) is 5.75 Å². The van der Waals surface area contributed by atoms with E-state index in [1.54, 1.807) is 0 Å². The molecule has 2 N–H and O–H groups in total. The number of rotatable bonds is 7. The van der Waals surface area contributed by atoms with E-state index in [1.165, 1.54) is 18.4 Å². The summed E-state index contributed by atoms with van der Waals surface area (Å²) in [5, 5.41) is 12.8. The summed E-state index contributed by atoms with van der Waals surface area (Å²) < 4.78 is 6.80. The first kappa shape index (κ1) is 15.8. The average molecular weight is 342 g/mol. The van der Waals surface area contributed by atoms with Gasteiger partial charge in [-0.1, -0.05) is 29.3 Å². The van der Waals surface area contributed by atoms with Crippen LogP contribution in [-0.4, -0.2) is 24.9 Å². The van der Waals surface area contributed by atoms with Crippen LogP contribution in [-0.2, 0) is 0 Å². The van der Waals surface area contributed by atoms with Gasteiger partial charge in [-0.3, -0.25) is 0 Å². The van der Waals surface area contributed by atoms with Crippen molar-refractivity contribution in [1.29, 1.82) is 0 Å². The molecule has 0 saturated heterocycles. The molecule has 4 heteroatoms. The molecule has 1 aliphatic rings. The highest BCUT2D eigenvalue weighted by molar-refractivity contribution is 9.10. The summed E-state index contributed by atoms with van der Waals surface area (Å²) in [6, 6.07) is 6.55. The zero-order valence-electron chi connectivity index (χ0n) is 12.1. The number of benzene rings is 1. The number of hydrogen-bond acceptors (Lipinski definition) is 3. The monoisotopic (exact) mass is 341 g/mol. The van der Waals surface area contributed by atoms with E-state index in [0.717, 1.165) is 36.2 Å². The minimum atomic E-state index is 0.280. The van der Waals surface area contributed by atoms with Crippen LogP contribution in [0.5, 0.6) is 5.75 Å². The second kappa shape index (κ2) is 8.01. The SMILES string of the molecule is CCCC(CCO)CNC1CCOc2ccc(Br)cc21. The quantitative estimate of drug-likeness (QED) is 0.795. The number of fused-ring (bicyclic) bond motifs is 1. The molecule has 2 rings (SSSR count). The maximum absolute atomic E-state index is 9.14. The van der Waals surface area contributed by atoms with Crippen molar-refractivity contribution in [3.05, 3.63) is 28.2 Å². The normalized spacial score (nSPS) is 19.2. The van der Waals surface area contributed by atoms with Crippen LogP contribution in [0.3, 0.4) is 0 Å². The van der Waals surface area contributed by atoms with Crippen molar-refractivity contribution < 1.29 is 9.84 Å². The number of aliphatic hydroxyl groups excluding tert-OH is 1. The fraction of sp³-hybridized carbons (Fsp3) is 0.625. The summed E-state index contributed by atoms with van der Waals surface area (Å²) in [6.07, 6.45) is 4.22. The average Bonchev–Trinajstić information content (AvgIpc) is 2.45. The van der Waals surface area contributed by atoms with Crippen molar-refractivity contribution >= 4 is 15.9 Å². The topological polar surface area (TPSA) is 41.5 Å². The zero-order chi connectivity index (χ0) is 14.4. The Morgan fingerprint density at radius 2 is 2.30 bits per heavy atom. The molecule has 0 aliphatic carbocycles. The summed E-state index contributed by atoms with van der Waals surface area (Å²) in [7, 11) is 0. The number of nitrogens with one attached hydrogen (secondary N) is 1. The van der Waals surface area contributed by atoms with Gasteiger partial charge in [0, 0.05) is 29.1 Å². The third-order valence-electron chi connectivity index (χ3n) is 3.90. The van der Waals surface area contributed by atoms with Crippen molar-refractivity contribution in [3.8, 4) is 5.75 Å². The van der Waals surface area contributed by atoms with E-state index < -0.39 is 0 Å². The van der Waals surface area contributed by atoms with Crippen LogP contribution in [0.4, 0.5) is 0 Å². The molecule has 2 unspecified atom stereocenters. The van der Waals surface area contributed by atoms with Crippen molar-refractivity contribution in [3.63, 3.8) is 0 Å². The fourth-order valence-electron chi connectivity index (χ4n) is 2.83. The molecule has 0 amide bonds. The molecule has 20 heavy (non-hydrogen) atoms. The van der Waals surface area contributed by atoms with E-state index in [0.29, 0.717) is 12.0 Å². The Kier molecular flexibility index (Phi) is 6.33. The number of ether oxygens (including phenoxy) is 1. The van der Waals surface area contributed by atoms with Gasteiger partial charge in [-0.05, 0) is 43.5 Å². The van der Waals surface area contributed by atoms with Gasteiger partial charge in [-0.25, -0.2) is 0 Å². The molecule has 0 spiro atoms. The Bertz CT molecular complexity index is 419. The third kappa shape index (κ3) is 4.21. The molecule has 1 aromatic carbocycles. The number of hydrogen-bond donors (Lipinski definition) is 2. The van der Waals surface area contributed by atoms with Crippen LogP contribution >= 0.6 is 15.9 Å². The Hall–Kier alpha value is -0.580. The molecule has 0 fully saturated rings. The molecule has 0 bridgehead atoms. The standard InChI is InChI=1S/C16H24BrNO2/c1-2-3-12(6-8-19)11-18-15-7-9-20-16-5-4-13(17)10-14(15)16/h4-5,10,12,15,18-19H,2-3,6-9,11H2,1H3. The highest BCUT2D eigenvalue weighted by Gasteiger charge is 2.22. The second-order valence-corrected chi connectivity index (χ2v) is 6.36. The van der Waals surface area contributed by atoms with Crippen LogP contribution in [0.15, 0.2) is 22.7 Å². The van der Waals surface area contributed by atoms with Gasteiger partial charge in [0.2, 0.25) is 0 Å². The molecule has 1 aliphatic heterocycles. The fourth-order valence-corrected chi connectivity index (χ4v) is 3.20. The maximum atomic E-state index is 9.14. The first-order valence-corrected chi connectivity index (χ1v) is 8.30. The number of aliphatic hydroxyl groups is 1. The number of halogens is 1. The summed E-state index contributed by atoms with van der Waals surface area (Å²) in [6.45, 7) is 4.21. The van der Waals surface area contributed by atoms with E-state index in [-0.39, 0.29) is 6.61 Å². The van der Waals surface area contributed by atoms with Crippen molar-refractivity contribution in [2.45, 2.75) is 38.6 Å². The summed E-state index contributed by atoms with van der Waals surface area (Å²) in [4.78, 5) is 0. The van der Waals surface area contributed by atoms with Crippen LogP contribution in [0, 0.1) is 5.92 Å². The lowest BCUT2D eigenvalue weighted by Gasteiger charge is -2.28. The van der Waals surface area contributed by atoms with Gasteiger partial charge >= 0.3 is 0 Å². The predicted molar refractivity (Wildman–Crippen MR) is 85.1 cm³/mol. The smallest absolute Gasteiger partial charge is 0.124 e. The maximum Gasteiger partial charge on any atom is 0.124 e. The zero-order valence-corrected chi connectivity index (χ0v) is 13.7. The lowest BCUT2D eigenvalue weighted by atomic mass is 9.97. The predicted octanol–water partition coefficient (Wildman–Crippen LogP) is 3.66. The summed E-state index contributed by atoms with van der Waals surface area (Å²) in [5.74, 6) is 1.55. The van der Waals surface area contributed by atoms with Gasteiger partial charge in [0.05, 0.1) is 6.61 Å². The van der Waals surface area contributed by atoms with Crippen LogP contribution < -0.4 is 10.1 Å². The van der Waals surface area contributed by atoms with Gasteiger partial charge in [0.25, 0.3) is 0 Å². The second-order valence-electron chi connectivity index (χ2n) is 5.45. The molecular formula is C16H24BrNO2. The molecule has 1 aromatic rings. The molecule has 3 nitrogen and oxygen atoms in total. The van der Waals surface area contributed by atoms with E-state index in [2.05, 4.69) is 34.2 Å². The van der Waals surface area contributed by atoms with E-state index in [4.69, 9.17) is 9.84 Å². The highest BCUT2D eigenvalue weighted by atomic mass is 79.9. The Morgan fingerprint density at radius 1 is 1.45 bits per heavy atom. The molecule has 112 valence electrons. The lowest BCUT2D eigenvalue weighted by Crippen LogP contribution is -2.31. The van der Waals surface area contributed by atoms with Gasteiger partial charge in [-0.2, -0.15) is 0 Å². The lowest BCUT2D eigenvalue weighted by molar-refractivity contribution is 0.227. The molecule has 0 radical (unpaired) electrons. The van der Waals surface area contributed by atoms with Gasteiger partial charge < -0.3 is 15.2 Å². The largest absolute Gasteiger partial charge is 0.493 e. The van der Waals surface area contributed by atoms with Crippen molar-refractivity contribution in [2.24, 2.45) is 5.92 Å². The van der Waals surface area contributed by atoms with E-state index >= 15 is 0 Å². The van der Waals surface area contributed by atoms with Crippen LogP contribution in [0.2, 0.25) is 0 Å². The van der Waals surface area contributed by atoms with Gasteiger partial charge in [-0.15, -0.1) is 0 Å². The first-order chi connectivity index (χ1) is 9.74. The Morgan fingerprint density at radius 3 is 3.05 bits per heavy atom. The third-order valence-corrected chi connectivity index (χ3v) is 4.39. The minimum Gasteiger partial charge on any atom is -0.493 e. The summed E-state index contributed by atoms with van der Waals surface area (Å²) >= 11 is 3.53. The molecular weight excluding hydrogens is 318 g/mol. The molecule has 1 heterocycles. The van der Waals surface area contributed by atoms with Crippen molar-refractivity contribution in [1.82, 2.24) is 5.32 Å². The Balaban J connectivity index is 1.98. The van der Waals surface area contributed by atoms with Crippen LogP contribution in [0.25, 0.3) is 0 Å². The molecule has 2 atom stereocenters. The first-order valence-electron chi connectivity index (χ1n) is 7.51.